The minimum atomic E-state index is 0.964. The first kappa shape index (κ1) is 9.71. The van der Waals surface area contributed by atoms with Crippen LogP contribution in [0.4, 0.5) is 0 Å². The van der Waals surface area contributed by atoms with Crippen LogP contribution in [0.2, 0.25) is 0 Å². The fraction of sp³-hybridized carbons (Fsp3) is 0.364. The van der Waals surface area contributed by atoms with Gasteiger partial charge in [0, 0.05) is 11.9 Å². The second kappa shape index (κ2) is 3.73. The quantitative estimate of drug-likeness (QED) is 0.752. The molecule has 0 aliphatic rings. The van der Waals surface area contributed by atoms with E-state index in [9.17, 15) is 0 Å². The third-order valence-electron chi connectivity index (χ3n) is 2.56. The first-order chi connectivity index (χ1) is 6.72. The number of hydrogen-bond acceptors (Lipinski definition) is 1. The van der Waals surface area contributed by atoms with Gasteiger partial charge in [-0.15, -0.1) is 0 Å². The lowest BCUT2D eigenvalue weighted by Gasteiger charge is -2.03. The van der Waals surface area contributed by atoms with Gasteiger partial charge in [-0.2, -0.15) is 0 Å². The van der Waals surface area contributed by atoms with Crippen molar-refractivity contribution in [1.29, 1.82) is 0 Å². The molecule has 0 radical (unpaired) electrons. The largest absolute Gasteiger partial charge is 0.330 e. The number of hydrogen-bond donors (Lipinski definition) is 0. The summed E-state index contributed by atoms with van der Waals surface area (Å²) in [6.07, 6.45) is 1.91. The van der Waals surface area contributed by atoms with Gasteiger partial charge in [-0.1, -0.05) is 15.9 Å². The molecule has 2 aromatic rings. The van der Waals surface area contributed by atoms with Crippen LogP contribution in [0, 0.1) is 13.8 Å². The molecular formula is C11H13BrN2. The van der Waals surface area contributed by atoms with Crippen molar-refractivity contribution in [3.8, 4) is 0 Å². The monoisotopic (exact) mass is 252 g/mol. The summed E-state index contributed by atoms with van der Waals surface area (Å²) < 4.78 is 2.18. The summed E-state index contributed by atoms with van der Waals surface area (Å²) in [4.78, 5) is 4.38. The molecule has 0 amide bonds. The summed E-state index contributed by atoms with van der Waals surface area (Å²) in [5.41, 5.74) is 4.96. The van der Waals surface area contributed by atoms with Gasteiger partial charge >= 0.3 is 0 Å². The van der Waals surface area contributed by atoms with E-state index in [4.69, 9.17) is 0 Å². The number of fused-ring (bicyclic) bond motifs is 1. The van der Waals surface area contributed by atoms with E-state index in [0.29, 0.717) is 0 Å². The maximum atomic E-state index is 4.38. The maximum Gasteiger partial charge on any atom is 0.0958 e. The van der Waals surface area contributed by atoms with Crippen LogP contribution >= 0.6 is 15.9 Å². The normalized spacial score (nSPS) is 11.1. The van der Waals surface area contributed by atoms with Crippen molar-refractivity contribution in [2.45, 2.75) is 20.4 Å². The number of alkyl halides is 1. The predicted molar refractivity (Wildman–Crippen MR) is 63.0 cm³/mol. The van der Waals surface area contributed by atoms with E-state index in [1.807, 2.05) is 6.33 Å². The Hall–Kier alpha value is -0.830. The number of aromatic nitrogens is 2. The molecule has 1 aromatic heterocycles. The molecule has 0 bridgehead atoms. The van der Waals surface area contributed by atoms with Crippen molar-refractivity contribution >= 4 is 27.0 Å². The van der Waals surface area contributed by atoms with Gasteiger partial charge in [-0.05, 0) is 37.1 Å². The Morgan fingerprint density at radius 2 is 2.00 bits per heavy atom. The maximum absolute atomic E-state index is 4.38. The molecule has 0 spiro atoms. The van der Waals surface area contributed by atoms with Crippen molar-refractivity contribution in [2.75, 3.05) is 5.33 Å². The molecule has 0 saturated heterocycles. The van der Waals surface area contributed by atoms with Gasteiger partial charge in [0.15, 0.2) is 0 Å². The number of halogens is 1. The van der Waals surface area contributed by atoms with Gasteiger partial charge in [-0.3, -0.25) is 0 Å². The Bertz CT molecular complexity index is 460. The smallest absolute Gasteiger partial charge is 0.0958 e. The molecule has 1 aromatic carbocycles. The lowest BCUT2D eigenvalue weighted by Crippen LogP contribution is -1.96. The van der Waals surface area contributed by atoms with Crippen molar-refractivity contribution in [3.63, 3.8) is 0 Å². The zero-order valence-electron chi connectivity index (χ0n) is 8.42. The lowest BCUT2D eigenvalue weighted by atomic mass is 10.1. The van der Waals surface area contributed by atoms with Crippen LogP contribution in [0.1, 0.15) is 11.1 Å². The Morgan fingerprint density at radius 1 is 1.29 bits per heavy atom. The lowest BCUT2D eigenvalue weighted by molar-refractivity contribution is 0.800. The predicted octanol–water partition coefficient (Wildman–Crippen LogP) is 3.05. The molecule has 74 valence electrons. The number of imidazole rings is 1. The number of rotatable bonds is 2. The molecule has 0 saturated carbocycles. The van der Waals surface area contributed by atoms with Crippen molar-refractivity contribution < 1.29 is 0 Å². The highest BCUT2D eigenvalue weighted by Crippen LogP contribution is 2.18. The molecule has 2 rings (SSSR count). The molecule has 0 aliphatic heterocycles. The molecule has 0 fully saturated rings. The van der Waals surface area contributed by atoms with Crippen molar-refractivity contribution in [2.24, 2.45) is 0 Å². The SMILES string of the molecule is Cc1cc2ncn(CCBr)c2cc1C. The second-order valence-electron chi connectivity index (χ2n) is 3.55. The van der Waals surface area contributed by atoms with Gasteiger partial charge in [0.05, 0.1) is 17.4 Å². The summed E-state index contributed by atoms with van der Waals surface area (Å²) in [5.74, 6) is 0. The fourth-order valence-electron chi connectivity index (χ4n) is 1.58. The third kappa shape index (κ3) is 1.57. The van der Waals surface area contributed by atoms with Crippen LogP contribution in [-0.4, -0.2) is 14.9 Å². The van der Waals surface area contributed by atoms with E-state index in [-0.39, 0.29) is 0 Å². The zero-order chi connectivity index (χ0) is 10.1. The Kier molecular flexibility index (Phi) is 2.59. The molecule has 0 unspecified atom stereocenters. The number of benzene rings is 1. The first-order valence-electron chi connectivity index (χ1n) is 4.70. The average Bonchev–Trinajstić information content (AvgIpc) is 2.51. The summed E-state index contributed by atoms with van der Waals surface area (Å²) in [6.45, 7) is 5.23. The van der Waals surface area contributed by atoms with Gasteiger partial charge in [0.2, 0.25) is 0 Å². The molecule has 0 atom stereocenters. The number of nitrogens with zero attached hydrogens (tertiary/aromatic N) is 2. The zero-order valence-corrected chi connectivity index (χ0v) is 10.0. The molecule has 3 heteroatoms. The van der Waals surface area contributed by atoms with Crippen LogP contribution in [-0.2, 0) is 6.54 Å². The fourth-order valence-corrected chi connectivity index (χ4v) is 1.96. The van der Waals surface area contributed by atoms with E-state index < -0.39 is 0 Å². The molecule has 14 heavy (non-hydrogen) atoms. The Morgan fingerprint density at radius 3 is 2.71 bits per heavy atom. The van der Waals surface area contributed by atoms with Crippen molar-refractivity contribution in [3.05, 3.63) is 29.6 Å². The van der Waals surface area contributed by atoms with Crippen LogP contribution in [0.25, 0.3) is 11.0 Å². The van der Waals surface area contributed by atoms with E-state index in [0.717, 1.165) is 17.4 Å². The molecule has 2 nitrogen and oxygen atoms in total. The third-order valence-corrected chi connectivity index (χ3v) is 2.92. The summed E-state index contributed by atoms with van der Waals surface area (Å²) >= 11 is 3.44. The first-order valence-corrected chi connectivity index (χ1v) is 5.82. The second-order valence-corrected chi connectivity index (χ2v) is 4.35. The van der Waals surface area contributed by atoms with E-state index in [1.165, 1.54) is 16.6 Å². The molecule has 1 heterocycles. The minimum Gasteiger partial charge on any atom is -0.330 e. The Labute approximate surface area is 92.1 Å². The summed E-state index contributed by atoms with van der Waals surface area (Å²) in [6, 6.07) is 4.36. The number of aryl methyl sites for hydroxylation is 3. The topological polar surface area (TPSA) is 17.8 Å². The average molecular weight is 253 g/mol. The van der Waals surface area contributed by atoms with Gasteiger partial charge in [-0.25, -0.2) is 4.98 Å². The highest BCUT2D eigenvalue weighted by Gasteiger charge is 2.03. The summed E-state index contributed by atoms with van der Waals surface area (Å²) in [5, 5.41) is 0.964. The molecule has 0 N–H and O–H groups in total. The highest BCUT2D eigenvalue weighted by molar-refractivity contribution is 9.09. The molecular weight excluding hydrogens is 240 g/mol. The van der Waals surface area contributed by atoms with Gasteiger partial charge < -0.3 is 4.57 Å². The van der Waals surface area contributed by atoms with Crippen LogP contribution in [0.3, 0.4) is 0 Å². The van der Waals surface area contributed by atoms with Crippen LogP contribution in [0.15, 0.2) is 18.5 Å². The van der Waals surface area contributed by atoms with E-state index >= 15 is 0 Å². The minimum absolute atomic E-state index is 0.964. The van der Waals surface area contributed by atoms with Crippen molar-refractivity contribution in [1.82, 2.24) is 9.55 Å². The standard InChI is InChI=1S/C11H13BrN2/c1-8-5-10-11(6-9(8)2)14(4-3-12)7-13-10/h5-7H,3-4H2,1-2H3. The highest BCUT2D eigenvalue weighted by atomic mass is 79.9. The summed E-state index contributed by atoms with van der Waals surface area (Å²) in [7, 11) is 0. The molecule has 0 aliphatic carbocycles. The Balaban J connectivity index is 2.61. The van der Waals surface area contributed by atoms with Gasteiger partial charge in [0.25, 0.3) is 0 Å². The van der Waals surface area contributed by atoms with Crippen LogP contribution in [0.5, 0.6) is 0 Å². The van der Waals surface area contributed by atoms with E-state index in [1.54, 1.807) is 0 Å². The van der Waals surface area contributed by atoms with Gasteiger partial charge in [0.1, 0.15) is 0 Å². The van der Waals surface area contributed by atoms with E-state index in [2.05, 4.69) is 51.5 Å². The van der Waals surface area contributed by atoms with Crippen LogP contribution < -0.4 is 0 Å².